The number of aliphatic hydroxyl groups excluding tert-OH is 8. The highest BCUT2D eigenvalue weighted by atomic mass is 16.7. The Morgan fingerprint density at radius 2 is 1.17 bits per heavy atom. The van der Waals surface area contributed by atoms with E-state index < -0.39 is 74.6 Å². The maximum Gasteiger partial charge on any atom is 0.187 e. The molecule has 0 aromatic carbocycles. The number of hydrogen-bond donors (Lipinski definition) is 8. The van der Waals surface area contributed by atoms with Gasteiger partial charge in [0.15, 0.2) is 12.6 Å². The molecule has 0 radical (unpaired) electrons. The highest BCUT2D eigenvalue weighted by molar-refractivity contribution is 4.93. The molecule has 2 heterocycles. The van der Waals surface area contributed by atoms with Crippen LogP contribution in [0.25, 0.3) is 0 Å². The fourth-order valence-electron chi connectivity index (χ4n) is 2.55. The van der Waals surface area contributed by atoms with Gasteiger partial charge in [-0.05, 0) is 0 Å². The third-order valence-corrected chi connectivity index (χ3v) is 3.98. The highest BCUT2D eigenvalue weighted by Gasteiger charge is 2.50. The predicted octanol–water partition coefficient (Wildman–Crippen LogP) is -5.40. The second-order valence-electron chi connectivity index (χ2n) is 5.53. The van der Waals surface area contributed by atoms with E-state index in [9.17, 15) is 30.6 Å². The van der Waals surface area contributed by atoms with Crippen molar-refractivity contribution in [2.24, 2.45) is 0 Å². The summed E-state index contributed by atoms with van der Waals surface area (Å²) < 4.78 is 15.1. The summed E-state index contributed by atoms with van der Waals surface area (Å²) in [7, 11) is 0. The van der Waals surface area contributed by atoms with Crippen molar-refractivity contribution < 1.29 is 55.1 Å². The van der Waals surface area contributed by atoms with Gasteiger partial charge in [0.2, 0.25) is 0 Å². The topological polar surface area (TPSA) is 190 Å². The number of aliphatic hydroxyl groups is 8. The van der Waals surface area contributed by atoms with Gasteiger partial charge in [0.25, 0.3) is 0 Å². The van der Waals surface area contributed by atoms with Crippen LogP contribution < -0.4 is 0 Å². The van der Waals surface area contributed by atoms with Gasteiger partial charge in [0, 0.05) is 0 Å². The first-order valence-corrected chi connectivity index (χ1v) is 7.08. The summed E-state index contributed by atoms with van der Waals surface area (Å²) in [6.45, 7) is -1.33. The van der Waals surface area contributed by atoms with Crippen molar-refractivity contribution in [1.29, 1.82) is 0 Å². The average Bonchev–Trinajstić information content (AvgIpc) is 2.54. The first kappa shape index (κ1) is 18.9. The van der Waals surface area contributed by atoms with E-state index in [1.54, 1.807) is 0 Å². The first-order chi connectivity index (χ1) is 10.8. The van der Waals surface area contributed by atoms with E-state index in [-0.39, 0.29) is 0 Å². The molecule has 10 atom stereocenters. The summed E-state index contributed by atoms with van der Waals surface area (Å²) in [6, 6.07) is 0. The lowest BCUT2D eigenvalue weighted by Crippen LogP contribution is -2.64. The lowest BCUT2D eigenvalue weighted by atomic mass is 9.97. The summed E-state index contributed by atoms with van der Waals surface area (Å²) >= 11 is 0. The molecule has 2 fully saturated rings. The van der Waals surface area contributed by atoms with Crippen molar-refractivity contribution in [3.8, 4) is 0 Å². The molecule has 11 nitrogen and oxygen atoms in total. The molecule has 0 bridgehead atoms. The van der Waals surface area contributed by atoms with Gasteiger partial charge in [0.1, 0.15) is 48.8 Å². The molecule has 0 amide bonds. The molecule has 0 saturated carbocycles. The maximum atomic E-state index is 9.94. The molecule has 2 aliphatic heterocycles. The molecular weight excluding hydrogens is 320 g/mol. The number of ether oxygens (including phenoxy) is 3. The Bertz CT molecular complexity index is 380. The van der Waals surface area contributed by atoms with E-state index >= 15 is 0 Å². The normalized spacial score (nSPS) is 51.7. The fraction of sp³-hybridized carbons (Fsp3) is 1.00. The van der Waals surface area contributed by atoms with Crippen LogP contribution in [0.3, 0.4) is 0 Å². The zero-order valence-corrected chi connectivity index (χ0v) is 12.0. The Kier molecular flexibility index (Phi) is 6.27. The van der Waals surface area contributed by atoms with Gasteiger partial charge < -0.3 is 55.1 Å². The van der Waals surface area contributed by atoms with Crippen molar-refractivity contribution >= 4 is 0 Å². The first-order valence-electron chi connectivity index (χ1n) is 7.08. The van der Waals surface area contributed by atoms with Crippen LogP contribution in [-0.4, -0.2) is 115 Å². The summed E-state index contributed by atoms with van der Waals surface area (Å²) in [6.07, 6.45) is -15.6. The summed E-state index contributed by atoms with van der Waals surface area (Å²) in [5.41, 5.74) is 0. The van der Waals surface area contributed by atoms with Gasteiger partial charge >= 0.3 is 0 Å². The Balaban J connectivity index is 2.08. The molecule has 0 aliphatic carbocycles. The Labute approximate surface area is 130 Å². The highest BCUT2D eigenvalue weighted by Crippen LogP contribution is 2.28. The molecule has 23 heavy (non-hydrogen) atoms. The number of rotatable bonds is 4. The third-order valence-electron chi connectivity index (χ3n) is 3.98. The standard InChI is InChI=1S/C12H22O11/c13-1-3-6(16)8(18)10(11(20)21-3)23-12-9(19)7(17)5(15)4(2-14)22-12/h3-20H,1-2H2/t3-,4-,5+,6+,7?,8?,9+,10+,11?,12?/m1/s1. The van der Waals surface area contributed by atoms with Gasteiger partial charge in [0.05, 0.1) is 13.2 Å². The van der Waals surface area contributed by atoms with Crippen molar-refractivity contribution in [2.75, 3.05) is 13.2 Å². The van der Waals surface area contributed by atoms with E-state index in [1.165, 1.54) is 0 Å². The summed E-state index contributed by atoms with van der Waals surface area (Å²) in [5.74, 6) is 0. The molecule has 136 valence electrons. The predicted molar refractivity (Wildman–Crippen MR) is 68.6 cm³/mol. The fourth-order valence-corrected chi connectivity index (χ4v) is 2.55. The second kappa shape index (κ2) is 7.63. The molecule has 0 aromatic rings. The smallest absolute Gasteiger partial charge is 0.187 e. The van der Waals surface area contributed by atoms with E-state index in [1.807, 2.05) is 0 Å². The molecule has 2 saturated heterocycles. The minimum absolute atomic E-state index is 0.651. The maximum absolute atomic E-state index is 9.94. The Morgan fingerprint density at radius 3 is 1.74 bits per heavy atom. The lowest BCUT2D eigenvalue weighted by Gasteiger charge is -2.44. The van der Waals surface area contributed by atoms with E-state index in [0.29, 0.717) is 0 Å². The minimum Gasteiger partial charge on any atom is -0.394 e. The van der Waals surface area contributed by atoms with Crippen LogP contribution in [0.1, 0.15) is 0 Å². The average molecular weight is 342 g/mol. The quantitative estimate of drug-likeness (QED) is 0.243. The zero-order chi connectivity index (χ0) is 17.3. The zero-order valence-electron chi connectivity index (χ0n) is 12.0. The van der Waals surface area contributed by atoms with E-state index in [0.717, 1.165) is 0 Å². The van der Waals surface area contributed by atoms with Crippen LogP contribution in [0.2, 0.25) is 0 Å². The molecule has 2 rings (SSSR count). The van der Waals surface area contributed by atoms with Crippen LogP contribution in [0.5, 0.6) is 0 Å². The third kappa shape index (κ3) is 3.65. The van der Waals surface area contributed by atoms with Gasteiger partial charge in [-0.25, -0.2) is 0 Å². The van der Waals surface area contributed by atoms with Gasteiger partial charge in [-0.1, -0.05) is 0 Å². The Morgan fingerprint density at radius 1 is 0.652 bits per heavy atom. The van der Waals surface area contributed by atoms with Crippen LogP contribution in [0.15, 0.2) is 0 Å². The van der Waals surface area contributed by atoms with Crippen molar-refractivity contribution in [3.05, 3.63) is 0 Å². The minimum atomic E-state index is -1.75. The molecule has 0 aromatic heterocycles. The molecule has 4 unspecified atom stereocenters. The van der Waals surface area contributed by atoms with Crippen LogP contribution in [0, 0.1) is 0 Å². The van der Waals surface area contributed by atoms with Crippen molar-refractivity contribution in [2.45, 2.75) is 61.4 Å². The van der Waals surface area contributed by atoms with E-state index in [4.69, 9.17) is 24.4 Å². The van der Waals surface area contributed by atoms with Crippen LogP contribution in [0.4, 0.5) is 0 Å². The van der Waals surface area contributed by atoms with E-state index in [2.05, 4.69) is 0 Å². The second-order valence-corrected chi connectivity index (χ2v) is 5.53. The van der Waals surface area contributed by atoms with Gasteiger partial charge in [-0.3, -0.25) is 0 Å². The number of hydrogen-bond acceptors (Lipinski definition) is 11. The molecular formula is C12H22O11. The van der Waals surface area contributed by atoms with Crippen LogP contribution >= 0.6 is 0 Å². The van der Waals surface area contributed by atoms with Crippen molar-refractivity contribution in [3.63, 3.8) is 0 Å². The largest absolute Gasteiger partial charge is 0.394 e. The monoisotopic (exact) mass is 342 g/mol. The van der Waals surface area contributed by atoms with Crippen LogP contribution in [-0.2, 0) is 14.2 Å². The molecule has 8 N–H and O–H groups in total. The van der Waals surface area contributed by atoms with Crippen molar-refractivity contribution in [1.82, 2.24) is 0 Å². The molecule has 2 aliphatic rings. The summed E-state index contributed by atoms with van der Waals surface area (Å²) in [5, 5.41) is 76.7. The SMILES string of the molecule is OC[C@H]1OC(O[C@@H]2C(O)O[C@H](CO)[C@H](O)C2O)[C@@H](O)C(O)[C@H]1O. The van der Waals surface area contributed by atoms with Gasteiger partial charge in [-0.15, -0.1) is 0 Å². The van der Waals surface area contributed by atoms with Gasteiger partial charge in [-0.2, -0.15) is 0 Å². The summed E-state index contributed by atoms with van der Waals surface area (Å²) in [4.78, 5) is 0. The molecule has 11 heteroatoms. The molecule has 0 spiro atoms. The Hall–Kier alpha value is -0.440. The lowest BCUT2D eigenvalue weighted by molar-refractivity contribution is -0.361.